The molecule has 0 fully saturated rings. The first kappa shape index (κ1) is 9.18. The van der Waals surface area contributed by atoms with E-state index < -0.39 is 18.1 Å². The van der Waals surface area contributed by atoms with Gasteiger partial charge in [-0.15, -0.1) is 0 Å². The smallest absolute Gasteiger partial charge is 0.322 e. The zero-order chi connectivity index (χ0) is 9.14. The van der Waals surface area contributed by atoms with Crippen molar-refractivity contribution in [2.24, 2.45) is 11.5 Å². The topological polar surface area (TPSA) is 89.3 Å². The summed E-state index contributed by atoms with van der Waals surface area (Å²) < 4.78 is 0. The molecule has 0 amide bonds. The highest BCUT2D eigenvalue weighted by Crippen LogP contribution is 2.16. The lowest BCUT2D eigenvalue weighted by Gasteiger charge is -2.13. The molecule has 0 bridgehead atoms. The number of thiophene rings is 1. The van der Waals surface area contributed by atoms with Gasteiger partial charge < -0.3 is 16.6 Å². The first-order valence-corrected chi connectivity index (χ1v) is 4.33. The molecule has 0 aliphatic heterocycles. The molecule has 2 atom stereocenters. The molecule has 0 unspecified atom stereocenters. The Morgan fingerprint density at radius 3 is 2.67 bits per heavy atom. The van der Waals surface area contributed by atoms with Crippen molar-refractivity contribution in [1.82, 2.24) is 0 Å². The lowest BCUT2D eigenvalue weighted by molar-refractivity contribution is -0.139. The van der Waals surface area contributed by atoms with Crippen molar-refractivity contribution in [2.45, 2.75) is 12.1 Å². The minimum Gasteiger partial charge on any atom is -0.480 e. The Bertz CT molecular complexity index is 260. The summed E-state index contributed by atoms with van der Waals surface area (Å²) in [5, 5.41) is 12.2. The summed E-state index contributed by atoms with van der Waals surface area (Å²) in [7, 11) is 0. The van der Waals surface area contributed by atoms with Gasteiger partial charge in [0.15, 0.2) is 0 Å². The molecule has 0 saturated carbocycles. The maximum Gasteiger partial charge on any atom is 0.322 e. The molecule has 0 aliphatic rings. The van der Waals surface area contributed by atoms with Crippen LogP contribution in [0.3, 0.4) is 0 Å². The summed E-state index contributed by atoms with van der Waals surface area (Å²) in [6.45, 7) is 0. The van der Waals surface area contributed by atoms with E-state index in [1.807, 2.05) is 5.38 Å². The van der Waals surface area contributed by atoms with Crippen molar-refractivity contribution >= 4 is 17.3 Å². The van der Waals surface area contributed by atoms with Crippen molar-refractivity contribution in [3.8, 4) is 0 Å². The van der Waals surface area contributed by atoms with Gasteiger partial charge in [0.05, 0.1) is 6.04 Å². The third-order valence-electron chi connectivity index (χ3n) is 1.60. The maximum atomic E-state index is 10.4. The molecule has 1 rings (SSSR count). The monoisotopic (exact) mass is 186 g/mol. The quantitative estimate of drug-likeness (QED) is 0.627. The number of aliphatic carboxylic acids is 1. The van der Waals surface area contributed by atoms with Crippen LogP contribution in [0.4, 0.5) is 0 Å². The van der Waals surface area contributed by atoms with Crippen LogP contribution in [-0.2, 0) is 4.79 Å². The summed E-state index contributed by atoms with van der Waals surface area (Å²) in [5.41, 5.74) is 11.7. The van der Waals surface area contributed by atoms with Gasteiger partial charge in [-0.25, -0.2) is 0 Å². The summed E-state index contributed by atoms with van der Waals surface area (Å²) in [5.74, 6) is -1.08. The molecular weight excluding hydrogens is 176 g/mol. The van der Waals surface area contributed by atoms with Gasteiger partial charge in [0, 0.05) is 0 Å². The summed E-state index contributed by atoms with van der Waals surface area (Å²) in [6, 6.07) is 0.131. The zero-order valence-electron chi connectivity index (χ0n) is 6.31. The molecule has 0 aliphatic carbocycles. The Hall–Kier alpha value is -0.910. The van der Waals surface area contributed by atoms with Gasteiger partial charge >= 0.3 is 5.97 Å². The Morgan fingerprint density at radius 1 is 1.58 bits per heavy atom. The van der Waals surface area contributed by atoms with E-state index in [0.29, 0.717) is 0 Å². The van der Waals surface area contributed by atoms with Crippen molar-refractivity contribution in [3.05, 3.63) is 22.4 Å². The largest absolute Gasteiger partial charge is 0.480 e. The van der Waals surface area contributed by atoms with Crippen LogP contribution in [0, 0.1) is 0 Å². The standard InChI is InChI=1S/C7H10N2O2S/c8-5(6(9)7(10)11)4-1-2-12-3-4/h1-3,5-6H,8-9H2,(H,10,11)/t5-,6+/m1/s1. The molecule has 66 valence electrons. The molecule has 4 nitrogen and oxygen atoms in total. The molecule has 1 aromatic heterocycles. The van der Waals surface area contributed by atoms with E-state index in [1.165, 1.54) is 11.3 Å². The average molecular weight is 186 g/mol. The van der Waals surface area contributed by atoms with E-state index in [-0.39, 0.29) is 0 Å². The van der Waals surface area contributed by atoms with E-state index in [1.54, 1.807) is 11.4 Å². The molecule has 5 N–H and O–H groups in total. The van der Waals surface area contributed by atoms with Crippen LogP contribution >= 0.6 is 11.3 Å². The third-order valence-corrected chi connectivity index (χ3v) is 2.30. The zero-order valence-corrected chi connectivity index (χ0v) is 7.12. The Balaban J connectivity index is 2.71. The van der Waals surface area contributed by atoms with Crippen LogP contribution < -0.4 is 11.5 Å². The molecule has 0 spiro atoms. The first-order valence-electron chi connectivity index (χ1n) is 3.39. The number of rotatable bonds is 3. The van der Waals surface area contributed by atoms with Crippen LogP contribution in [0.5, 0.6) is 0 Å². The highest BCUT2D eigenvalue weighted by molar-refractivity contribution is 7.07. The van der Waals surface area contributed by atoms with Crippen LogP contribution in [-0.4, -0.2) is 17.1 Å². The van der Waals surface area contributed by atoms with Crippen LogP contribution in [0.25, 0.3) is 0 Å². The lowest BCUT2D eigenvalue weighted by Crippen LogP contribution is -2.40. The fourth-order valence-corrected chi connectivity index (χ4v) is 1.53. The molecule has 1 aromatic rings. The molecule has 5 heteroatoms. The van der Waals surface area contributed by atoms with E-state index >= 15 is 0 Å². The highest BCUT2D eigenvalue weighted by Gasteiger charge is 2.21. The first-order chi connectivity index (χ1) is 5.63. The van der Waals surface area contributed by atoms with Crippen molar-refractivity contribution in [3.63, 3.8) is 0 Å². The Kier molecular flexibility index (Phi) is 2.80. The summed E-state index contributed by atoms with van der Waals surface area (Å²) in [6.07, 6.45) is 0. The van der Waals surface area contributed by atoms with Gasteiger partial charge in [-0.05, 0) is 22.4 Å². The number of nitrogens with two attached hydrogens (primary N) is 2. The van der Waals surface area contributed by atoms with Crippen LogP contribution in [0.1, 0.15) is 11.6 Å². The van der Waals surface area contributed by atoms with Gasteiger partial charge in [0.2, 0.25) is 0 Å². The SMILES string of the molecule is N[C@H](C(=O)O)[C@H](N)c1ccsc1. The second-order valence-corrected chi connectivity index (χ2v) is 3.23. The second-order valence-electron chi connectivity index (χ2n) is 2.45. The molecule has 0 saturated heterocycles. The van der Waals surface area contributed by atoms with Crippen LogP contribution in [0.15, 0.2) is 16.8 Å². The molecule has 0 radical (unpaired) electrons. The van der Waals surface area contributed by atoms with Gasteiger partial charge in [-0.3, -0.25) is 4.79 Å². The summed E-state index contributed by atoms with van der Waals surface area (Å²) >= 11 is 1.47. The molecule has 0 aromatic carbocycles. The predicted molar refractivity (Wildman–Crippen MR) is 46.9 cm³/mol. The Morgan fingerprint density at radius 2 is 2.25 bits per heavy atom. The molecular formula is C7H10N2O2S. The van der Waals surface area contributed by atoms with Gasteiger partial charge in [0.25, 0.3) is 0 Å². The summed E-state index contributed by atoms with van der Waals surface area (Å²) in [4.78, 5) is 10.4. The number of carboxylic acid groups (broad SMARTS) is 1. The lowest BCUT2D eigenvalue weighted by atomic mass is 10.0. The molecule has 12 heavy (non-hydrogen) atoms. The number of carbonyl (C=O) groups is 1. The fraction of sp³-hybridized carbons (Fsp3) is 0.286. The predicted octanol–water partition coefficient (Wildman–Crippen LogP) is 0.160. The van der Waals surface area contributed by atoms with E-state index in [4.69, 9.17) is 16.6 Å². The maximum absolute atomic E-state index is 10.4. The number of hydrogen-bond donors (Lipinski definition) is 3. The minimum absolute atomic E-state index is 0.617. The molecule has 1 heterocycles. The average Bonchev–Trinajstić information content (AvgIpc) is 2.53. The number of carboxylic acids is 1. The minimum atomic E-state index is -1.08. The highest BCUT2D eigenvalue weighted by atomic mass is 32.1. The van der Waals surface area contributed by atoms with E-state index in [2.05, 4.69) is 0 Å². The fourth-order valence-electron chi connectivity index (χ4n) is 0.826. The van der Waals surface area contributed by atoms with Crippen molar-refractivity contribution < 1.29 is 9.90 Å². The van der Waals surface area contributed by atoms with Crippen molar-refractivity contribution in [1.29, 1.82) is 0 Å². The van der Waals surface area contributed by atoms with Crippen molar-refractivity contribution in [2.75, 3.05) is 0 Å². The third kappa shape index (κ3) is 1.82. The van der Waals surface area contributed by atoms with Gasteiger partial charge in [0.1, 0.15) is 6.04 Å². The normalized spacial score (nSPS) is 15.5. The van der Waals surface area contributed by atoms with Gasteiger partial charge in [-0.2, -0.15) is 11.3 Å². The van der Waals surface area contributed by atoms with Gasteiger partial charge in [-0.1, -0.05) is 0 Å². The second kappa shape index (κ2) is 3.66. The van der Waals surface area contributed by atoms with E-state index in [9.17, 15) is 4.79 Å². The van der Waals surface area contributed by atoms with Crippen LogP contribution in [0.2, 0.25) is 0 Å². The number of hydrogen-bond acceptors (Lipinski definition) is 4. The Labute approximate surface area is 73.8 Å². The van der Waals surface area contributed by atoms with E-state index in [0.717, 1.165) is 5.56 Å².